The van der Waals surface area contributed by atoms with E-state index >= 15 is 0 Å². The van der Waals surface area contributed by atoms with Crippen LogP contribution in [0.25, 0.3) is 0 Å². The molecule has 16 heavy (non-hydrogen) atoms. The molecular formula is C11H14BrFN2O. The predicted molar refractivity (Wildman–Crippen MR) is 66.0 cm³/mol. The number of anilines is 1. The van der Waals surface area contributed by atoms with Crippen molar-refractivity contribution in [2.75, 3.05) is 12.4 Å². The van der Waals surface area contributed by atoms with E-state index in [0.717, 1.165) is 5.56 Å². The van der Waals surface area contributed by atoms with Crippen LogP contribution in [0.15, 0.2) is 16.6 Å². The summed E-state index contributed by atoms with van der Waals surface area (Å²) in [5.74, 6) is -0.486. The summed E-state index contributed by atoms with van der Waals surface area (Å²) >= 11 is 3.11. The number of carbonyl (C=O) groups is 1. The molecule has 1 atom stereocenters. The van der Waals surface area contributed by atoms with E-state index in [1.807, 2.05) is 6.92 Å². The molecule has 1 aromatic carbocycles. The Bertz CT molecular complexity index is 409. The molecule has 0 fully saturated rings. The smallest absolute Gasteiger partial charge is 0.241 e. The molecular weight excluding hydrogens is 275 g/mol. The number of hydrogen-bond donors (Lipinski definition) is 2. The van der Waals surface area contributed by atoms with Crippen molar-refractivity contribution in [2.45, 2.75) is 19.9 Å². The van der Waals surface area contributed by atoms with Gasteiger partial charge in [0.15, 0.2) is 0 Å². The van der Waals surface area contributed by atoms with Gasteiger partial charge < -0.3 is 10.6 Å². The van der Waals surface area contributed by atoms with E-state index in [0.29, 0.717) is 10.2 Å². The largest absolute Gasteiger partial charge is 0.374 e. The average molecular weight is 289 g/mol. The lowest BCUT2D eigenvalue weighted by molar-refractivity contribution is -0.121. The van der Waals surface area contributed by atoms with E-state index in [1.165, 1.54) is 6.07 Å². The first kappa shape index (κ1) is 13.0. The molecule has 1 rings (SSSR count). The standard InChI is InChI=1S/C11H14BrFN2O/c1-6-4-8(12)9(13)5-10(6)15-7(2)11(16)14-3/h4-5,7,15H,1-3H3,(H,14,16). The molecule has 3 nitrogen and oxygen atoms in total. The number of hydrogen-bond acceptors (Lipinski definition) is 2. The van der Waals surface area contributed by atoms with Crippen LogP contribution in [-0.2, 0) is 4.79 Å². The summed E-state index contributed by atoms with van der Waals surface area (Å²) in [5, 5.41) is 5.48. The van der Waals surface area contributed by atoms with Crippen LogP contribution >= 0.6 is 15.9 Å². The van der Waals surface area contributed by atoms with Gasteiger partial charge in [-0.2, -0.15) is 0 Å². The lowest BCUT2D eigenvalue weighted by Gasteiger charge is -2.16. The molecule has 0 heterocycles. The summed E-state index contributed by atoms with van der Waals surface area (Å²) in [4.78, 5) is 11.3. The molecule has 0 bridgehead atoms. The number of likely N-dealkylation sites (N-methyl/N-ethyl adjacent to an activating group) is 1. The molecule has 1 unspecified atom stereocenters. The van der Waals surface area contributed by atoms with Gasteiger partial charge in [-0.25, -0.2) is 4.39 Å². The van der Waals surface area contributed by atoms with Gasteiger partial charge in [-0.15, -0.1) is 0 Å². The third-order valence-electron chi connectivity index (χ3n) is 2.28. The summed E-state index contributed by atoms with van der Waals surface area (Å²) in [6.07, 6.45) is 0. The maximum absolute atomic E-state index is 13.3. The van der Waals surface area contributed by atoms with E-state index in [-0.39, 0.29) is 11.7 Å². The highest BCUT2D eigenvalue weighted by atomic mass is 79.9. The van der Waals surface area contributed by atoms with Crippen molar-refractivity contribution in [3.8, 4) is 0 Å². The van der Waals surface area contributed by atoms with Gasteiger partial charge in [0, 0.05) is 12.7 Å². The zero-order valence-corrected chi connectivity index (χ0v) is 11.0. The second kappa shape index (κ2) is 5.30. The van der Waals surface area contributed by atoms with Gasteiger partial charge in [0.05, 0.1) is 4.47 Å². The van der Waals surface area contributed by atoms with Gasteiger partial charge in [-0.05, 0) is 47.5 Å². The number of amides is 1. The van der Waals surface area contributed by atoms with E-state index in [1.54, 1.807) is 20.0 Å². The van der Waals surface area contributed by atoms with Crippen molar-refractivity contribution >= 4 is 27.5 Å². The zero-order chi connectivity index (χ0) is 12.3. The summed E-state index contributed by atoms with van der Waals surface area (Å²) in [7, 11) is 1.57. The van der Waals surface area contributed by atoms with Crippen molar-refractivity contribution < 1.29 is 9.18 Å². The molecule has 1 amide bonds. The fourth-order valence-corrected chi connectivity index (χ4v) is 1.77. The Labute approximate surface area is 103 Å². The SMILES string of the molecule is CNC(=O)C(C)Nc1cc(F)c(Br)cc1C. The van der Waals surface area contributed by atoms with Crippen LogP contribution in [0.4, 0.5) is 10.1 Å². The van der Waals surface area contributed by atoms with Gasteiger partial charge in [0.25, 0.3) is 0 Å². The molecule has 5 heteroatoms. The van der Waals surface area contributed by atoms with E-state index in [2.05, 4.69) is 26.6 Å². The van der Waals surface area contributed by atoms with Crippen LogP contribution in [0.3, 0.4) is 0 Å². The van der Waals surface area contributed by atoms with Crippen molar-refractivity contribution in [3.63, 3.8) is 0 Å². The number of aryl methyl sites for hydroxylation is 1. The molecule has 0 aliphatic rings. The van der Waals surface area contributed by atoms with Crippen LogP contribution in [-0.4, -0.2) is 19.0 Å². The van der Waals surface area contributed by atoms with Crippen LogP contribution < -0.4 is 10.6 Å². The molecule has 0 saturated carbocycles. The molecule has 0 spiro atoms. The minimum absolute atomic E-state index is 0.136. The molecule has 0 aromatic heterocycles. The Hall–Kier alpha value is -1.10. The first-order valence-corrected chi connectivity index (χ1v) is 5.68. The Balaban J connectivity index is 2.89. The fourth-order valence-electron chi connectivity index (χ4n) is 1.32. The summed E-state index contributed by atoms with van der Waals surface area (Å²) in [5.41, 5.74) is 1.50. The molecule has 1 aromatic rings. The third-order valence-corrected chi connectivity index (χ3v) is 2.89. The Morgan fingerprint density at radius 1 is 1.50 bits per heavy atom. The summed E-state index contributed by atoms with van der Waals surface area (Å²) in [6, 6.07) is 2.65. The number of carbonyl (C=O) groups excluding carboxylic acids is 1. The Morgan fingerprint density at radius 3 is 2.69 bits per heavy atom. The van der Waals surface area contributed by atoms with Crippen molar-refractivity contribution in [1.29, 1.82) is 0 Å². The van der Waals surface area contributed by atoms with E-state index < -0.39 is 6.04 Å². The highest BCUT2D eigenvalue weighted by molar-refractivity contribution is 9.10. The van der Waals surface area contributed by atoms with Gasteiger partial charge in [-0.1, -0.05) is 0 Å². The molecule has 2 N–H and O–H groups in total. The molecule has 0 saturated heterocycles. The molecule has 0 aliphatic carbocycles. The average Bonchev–Trinajstić information content (AvgIpc) is 2.24. The minimum atomic E-state index is -0.399. The van der Waals surface area contributed by atoms with Crippen molar-refractivity contribution in [2.24, 2.45) is 0 Å². The van der Waals surface area contributed by atoms with Crippen LogP contribution in [0.5, 0.6) is 0 Å². The second-order valence-corrected chi connectivity index (χ2v) is 4.42. The number of nitrogens with one attached hydrogen (secondary N) is 2. The highest BCUT2D eigenvalue weighted by Gasteiger charge is 2.12. The predicted octanol–water partition coefficient (Wildman–Crippen LogP) is 2.44. The van der Waals surface area contributed by atoms with Gasteiger partial charge in [-0.3, -0.25) is 4.79 Å². The van der Waals surface area contributed by atoms with Crippen molar-refractivity contribution in [3.05, 3.63) is 28.0 Å². The van der Waals surface area contributed by atoms with E-state index in [4.69, 9.17) is 0 Å². The lowest BCUT2D eigenvalue weighted by atomic mass is 10.1. The Kier molecular flexibility index (Phi) is 4.29. The topological polar surface area (TPSA) is 41.1 Å². The second-order valence-electron chi connectivity index (χ2n) is 3.56. The van der Waals surface area contributed by atoms with Crippen molar-refractivity contribution in [1.82, 2.24) is 5.32 Å². The fraction of sp³-hybridized carbons (Fsp3) is 0.364. The first-order chi connectivity index (χ1) is 7.45. The first-order valence-electron chi connectivity index (χ1n) is 4.89. The van der Waals surface area contributed by atoms with Crippen LogP contribution in [0.1, 0.15) is 12.5 Å². The van der Waals surface area contributed by atoms with Crippen LogP contribution in [0, 0.1) is 12.7 Å². The van der Waals surface area contributed by atoms with E-state index in [9.17, 15) is 9.18 Å². The maximum Gasteiger partial charge on any atom is 0.241 e. The molecule has 0 aliphatic heterocycles. The number of benzene rings is 1. The summed E-state index contributed by atoms with van der Waals surface area (Å²) in [6.45, 7) is 3.57. The summed E-state index contributed by atoms with van der Waals surface area (Å²) < 4.78 is 13.7. The highest BCUT2D eigenvalue weighted by Crippen LogP contribution is 2.24. The van der Waals surface area contributed by atoms with Gasteiger partial charge in [0.1, 0.15) is 11.9 Å². The molecule has 0 radical (unpaired) electrons. The zero-order valence-electron chi connectivity index (χ0n) is 9.40. The monoisotopic (exact) mass is 288 g/mol. The normalized spacial score (nSPS) is 12.1. The number of rotatable bonds is 3. The number of halogens is 2. The van der Waals surface area contributed by atoms with Gasteiger partial charge >= 0.3 is 0 Å². The maximum atomic E-state index is 13.3. The lowest BCUT2D eigenvalue weighted by Crippen LogP contribution is -2.35. The van der Waals surface area contributed by atoms with Crippen LogP contribution in [0.2, 0.25) is 0 Å². The minimum Gasteiger partial charge on any atom is -0.374 e. The Morgan fingerprint density at radius 2 is 2.12 bits per heavy atom. The quantitative estimate of drug-likeness (QED) is 0.897. The molecule has 88 valence electrons. The van der Waals surface area contributed by atoms with Gasteiger partial charge in [0.2, 0.25) is 5.91 Å². The third kappa shape index (κ3) is 2.95.